The number of carbonyl (C=O) groups excluding carboxylic acids is 1. The molecule has 1 saturated heterocycles. The smallest absolute Gasteiger partial charge is 0.274 e. The van der Waals surface area contributed by atoms with Crippen molar-refractivity contribution in [2.75, 3.05) is 46.8 Å². The largest absolute Gasteiger partial charge is 0.369 e. The Hall–Kier alpha value is -3.46. The molecule has 0 saturated carbocycles. The fraction of sp³-hybridized carbons (Fsp3) is 0.261. The standard InChI is InChI=1S/C23H25N5O3S/c1-27(16-18-5-3-2-4-6-18)22-15-21(24-17-25-22)23(29)26-19-7-9-20(10-8-19)28-11-13-32(30,31)14-12-28/h2-10,15,17H,11-14,16H2,1H3,(H,26,29). The van der Waals surface area contributed by atoms with Crippen molar-refractivity contribution in [1.29, 1.82) is 0 Å². The summed E-state index contributed by atoms with van der Waals surface area (Å²) in [6, 6.07) is 19.1. The van der Waals surface area contributed by atoms with Crippen molar-refractivity contribution in [3.8, 4) is 0 Å². The molecule has 8 nitrogen and oxygen atoms in total. The van der Waals surface area contributed by atoms with Gasteiger partial charge in [0.15, 0.2) is 9.84 Å². The van der Waals surface area contributed by atoms with Crippen LogP contribution in [-0.4, -0.2) is 55.9 Å². The van der Waals surface area contributed by atoms with Crippen molar-refractivity contribution in [3.05, 3.63) is 78.2 Å². The van der Waals surface area contributed by atoms with Crippen molar-refractivity contribution in [3.63, 3.8) is 0 Å². The van der Waals surface area contributed by atoms with Crippen LogP contribution in [-0.2, 0) is 16.4 Å². The lowest BCUT2D eigenvalue weighted by molar-refractivity contribution is 0.102. The van der Waals surface area contributed by atoms with Gasteiger partial charge in [0.2, 0.25) is 0 Å². The molecule has 166 valence electrons. The zero-order valence-corrected chi connectivity index (χ0v) is 18.6. The molecule has 1 aliphatic heterocycles. The minimum absolute atomic E-state index is 0.167. The van der Waals surface area contributed by atoms with Crippen LogP contribution < -0.4 is 15.1 Å². The number of rotatable bonds is 6. The first kappa shape index (κ1) is 21.8. The molecule has 0 aliphatic carbocycles. The maximum atomic E-state index is 12.7. The second-order valence-electron chi connectivity index (χ2n) is 7.74. The van der Waals surface area contributed by atoms with E-state index < -0.39 is 9.84 Å². The van der Waals surface area contributed by atoms with Gasteiger partial charge in [-0.05, 0) is 29.8 Å². The van der Waals surface area contributed by atoms with Gasteiger partial charge >= 0.3 is 0 Å². The molecule has 32 heavy (non-hydrogen) atoms. The normalized spacial score (nSPS) is 15.2. The van der Waals surface area contributed by atoms with E-state index in [0.29, 0.717) is 31.1 Å². The number of hydrogen-bond acceptors (Lipinski definition) is 7. The van der Waals surface area contributed by atoms with Gasteiger partial charge < -0.3 is 15.1 Å². The highest BCUT2D eigenvalue weighted by Gasteiger charge is 2.21. The molecule has 1 aliphatic rings. The van der Waals surface area contributed by atoms with Gasteiger partial charge in [0.05, 0.1) is 11.5 Å². The SMILES string of the molecule is CN(Cc1ccccc1)c1cc(C(=O)Nc2ccc(N3CCS(=O)(=O)CC3)cc2)ncn1. The average Bonchev–Trinajstić information content (AvgIpc) is 2.80. The van der Waals surface area contributed by atoms with Gasteiger partial charge in [-0.1, -0.05) is 30.3 Å². The molecule has 4 rings (SSSR count). The predicted molar refractivity (Wildman–Crippen MR) is 126 cm³/mol. The third kappa shape index (κ3) is 5.42. The minimum Gasteiger partial charge on any atom is -0.369 e. The van der Waals surface area contributed by atoms with Crippen molar-refractivity contribution in [2.45, 2.75) is 6.54 Å². The Bertz CT molecular complexity index is 1170. The molecular weight excluding hydrogens is 426 g/mol. The van der Waals surface area contributed by atoms with Gasteiger partial charge in [0.25, 0.3) is 5.91 Å². The molecule has 1 amide bonds. The Morgan fingerprint density at radius 1 is 1.03 bits per heavy atom. The summed E-state index contributed by atoms with van der Waals surface area (Å²) in [5.74, 6) is 0.670. The van der Waals surface area contributed by atoms with Crippen LogP contribution in [0.4, 0.5) is 17.2 Å². The fourth-order valence-corrected chi connectivity index (χ4v) is 4.74. The van der Waals surface area contributed by atoms with E-state index in [1.165, 1.54) is 6.33 Å². The van der Waals surface area contributed by atoms with E-state index in [4.69, 9.17) is 0 Å². The topological polar surface area (TPSA) is 95.5 Å². The van der Waals surface area contributed by atoms with Gasteiger partial charge in [-0.25, -0.2) is 18.4 Å². The summed E-state index contributed by atoms with van der Waals surface area (Å²) in [4.78, 5) is 25.1. The van der Waals surface area contributed by atoms with Crippen molar-refractivity contribution in [2.24, 2.45) is 0 Å². The van der Waals surface area contributed by atoms with Crippen LogP contribution in [0.5, 0.6) is 0 Å². The summed E-state index contributed by atoms with van der Waals surface area (Å²) < 4.78 is 23.2. The molecule has 3 aromatic rings. The van der Waals surface area contributed by atoms with Gasteiger partial charge in [-0.2, -0.15) is 0 Å². The number of hydrogen-bond donors (Lipinski definition) is 1. The first-order chi connectivity index (χ1) is 15.4. The summed E-state index contributed by atoms with van der Waals surface area (Å²) >= 11 is 0. The zero-order chi connectivity index (χ0) is 22.6. The highest BCUT2D eigenvalue weighted by Crippen LogP contribution is 2.21. The maximum Gasteiger partial charge on any atom is 0.274 e. The van der Waals surface area contributed by atoms with E-state index in [2.05, 4.69) is 15.3 Å². The summed E-state index contributed by atoms with van der Waals surface area (Å²) in [6.07, 6.45) is 1.39. The number of carbonyl (C=O) groups is 1. The zero-order valence-electron chi connectivity index (χ0n) is 17.8. The van der Waals surface area contributed by atoms with E-state index in [1.54, 1.807) is 18.2 Å². The molecular formula is C23H25N5O3S. The second-order valence-corrected chi connectivity index (χ2v) is 10.0. The van der Waals surface area contributed by atoms with Gasteiger partial charge in [-0.15, -0.1) is 0 Å². The molecule has 0 unspecified atom stereocenters. The van der Waals surface area contributed by atoms with Gasteiger partial charge in [0.1, 0.15) is 17.8 Å². The molecule has 1 fully saturated rings. The molecule has 1 N–H and O–H groups in total. The fourth-order valence-electron chi connectivity index (χ4n) is 3.54. The van der Waals surface area contributed by atoms with Crippen molar-refractivity contribution in [1.82, 2.24) is 9.97 Å². The van der Waals surface area contributed by atoms with Gasteiger partial charge in [0, 0.05) is 44.1 Å². The molecule has 0 radical (unpaired) electrons. The van der Waals surface area contributed by atoms with Crippen molar-refractivity contribution >= 4 is 32.9 Å². The van der Waals surface area contributed by atoms with Gasteiger partial charge in [-0.3, -0.25) is 4.79 Å². The van der Waals surface area contributed by atoms with E-state index in [-0.39, 0.29) is 23.1 Å². The number of benzene rings is 2. The first-order valence-electron chi connectivity index (χ1n) is 10.3. The lowest BCUT2D eigenvalue weighted by Gasteiger charge is -2.28. The molecule has 9 heteroatoms. The van der Waals surface area contributed by atoms with E-state index in [0.717, 1.165) is 11.3 Å². The highest BCUT2D eigenvalue weighted by molar-refractivity contribution is 7.91. The van der Waals surface area contributed by atoms with Crippen LogP contribution in [0.15, 0.2) is 67.0 Å². The summed E-state index contributed by atoms with van der Waals surface area (Å²) in [6.45, 7) is 1.63. The number of amides is 1. The Kier molecular flexibility index (Phi) is 6.36. The third-order valence-corrected chi connectivity index (χ3v) is 6.98. The second kappa shape index (κ2) is 9.35. The quantitative estimate of drug-likeness (QED) is 0.615. The van der Waals surface area contributed by atoms with Crippen LogP contribution in [0.1, 0.15) is 16.1 Å². The predicted octanol–water partition coefficient (Wildman–Crippen LogP) is 2.60. The molecule has 0 spiro atoms. The van der Waals surface area contributed by atoms with E-state index >= 15 is 0 Å². The summed E-state index contributed by atoms with van der Waals surface area (Å²) in [7, 11) is -1.00. The summed E-state index contributed by atoms with van der Waals surface area (Å²) in [5.41, 5.74) is 3.00. The third-order valence-electron chi connectivity index (χ3n) is 5.37. The minimum atomic E-state index is -2.92. The lowest BCUT2D eigenvalue weighted by atomic mass is 10.2. The first-order valence-corrected chi connectivity index (χ1v) is 12.2. The van der Waals surface area contributed by atoms with E-state index in [1.807, 2.05) is 59.3 Å². The monoisotopic (exact) mass is 451 g/mol. The Morgan fingerprint density at radius 2 is 1.72 bits per heavy atom. The lowest BCUT2D eigenvalue weighted by Crippen LogP contribution is -2.40. The number of nitrogens with zero attached hydrogens (tertiary/aromatic N) is 4. The van der Waals surface area contributed by atoms with Crippen LogP contribution in [0, 0.1) is 0 Å². The molecule has 0 bridgehead atoms. The molecule has 1 aromatic heterocycles. The highest BCUT2D eigenvalue weighted by atomic mass is 32.2. The Morgan fingerprint density at radius 3 is 2.41 bits per heavy atom. The Balaban J connectivity index is 1.39. The molecule has 2 heterocycles. The van der Waals surface area contributed by atoms with Crippen LogP contribution in [0.3, 0.4) is 0 Å². The number of aromatic nitrogens is 2. The van der Waals surface area contributed by atoms with Crippen LogP contribution >= 0.6 is 0 Å². The van der Waals surface area contributed by atoms with Crippen molar-refractivity contribution < 1.29 is 13.2 Å². The van der Waals surface area contributed by atoms with E-state index in [9.17, 15) is 13.2 Å². The Labute approximate surface area is 187 Å². The van der Waals surface area contributed by atoms with Crippen LogP contribution in [0.2, 0.25) is 0 Å². The average molecular weight is 452 g/mol. The molecule has 0 atom stereocenters. The number of sulfone groups is 1. The number of nitrogens with one attached hydrogen (secondary N) is 1. The maximum absolute atomic E-state index is 12.7. The van der Waals surface area contributed by atoms with Crippen LogP contribution in [0.25, 0.3) is 0 Å². The molecule has 2 aromatic carbocycles. The number of anilines is 3. The summed E-state index contributed by atoms with van der Waals surface area (Å²) in [5, 5.41) is 2.86.